The van der Waals surface area contributed by atoms with Gasteiger partial charge in [-0.05, 0) is 19.1 Å². The average molecular weight is 446 g/mol. The van der Waals surface area contributed by atoms with E-state index in [9.17, 15) is 9.59 Å². The zero-order valence-corrected chi connectivity index (χ0v) is 17.9. The SMILES string of the molecule is Cc1ncc(-c2nc(-c3ccccc3)cs2)c(=O)n1CC(=O)Nc1ccc2c(c1)OCO2. The van der Waals surface area contributed by atoms with E-state index in [2.05, 4.69) is 15.3 Å². The van der Waals surface area contributed by atoms with Crippen molar-refractivity contribution in [2.45, 2.75) is 13.5 Å². The van der Waals surface area contributed by atoms with Gasteiger partial charge in [-0.3, -0.25) is 14.2 Å². The Bertz CT molecular complexity index is 1360. The van der Waals surface area contributed by atoms with Crippen molar-refractivity contribution in [3.8, 4) is 33.3 Å². The van der Waals surface area contributed by atoms with Gasteiger partial charge < -0.3 is 14.8 Å². The molecule has 5 rings (SSSR count). The van der Waals surface area contributed by atoms with Gasteiger partial charge in [-0.25, -0.2) is 9.97 Å². The zero-order valence-electron chi connectivity index (χ0n) is 17.1. The van der Waals surface area contributed by atoms with Crippen molar-refractivity contribution in [3.63, 3.8) is 0 Å². The van der Waals surface area contributed by atoms with Gasteiger partial charge in [0.1, 0.15) is 17.4 Å². The van der Waals surface area contributed by atoms with Crippen LogP contribution in [0.25, 0.3) is 21.8 Å². The van der Waals surface area contributed by atoms with Gasteiger partial charge in [-0.15, -0.1) is 11.3 Å². The maximum Gasteiger partial charge on any atom is 0.264 e. The molecule has 0 saturated carbocycles. The summed E-state index contributed by atoms with van der Waals surface area (Å²) in [5.74, 6) is 1.29. The van der Waals surface area contributed by atoms with Gasteiger partial charge in [-0.1, -0.05) is 30.3 Å². The van der Waals surface area contributed by atoms with Crippen LogP contribution in [-0.2, 0) is 11.3 Å². The lowest BCUT2D eigenvalue weighted by molar-refractivity contribution is -0.116. The molecule has 0 fully saturated rings. The number of fused-ring (bicyclic) bond motifs is 1. The summed E-state index contributed by atoms with van der Waals surface area (Å²) in [5, 5.41) is 5.25. The molecule has 0 atom stereocenters. The molecule has 0 aliphatic carbocycles. The molecule has 32 heavy (non-hydrogen) atoms. The van der Waals surface area contributed by atoms with Crippen molar-refractivity contribution in [2.75, 3.05) is 12.1 Å². The number of carbonyl (C=O) groups is 1. The molecule has 0 bridgehead atoms. The van der Waals surface area contributed by atoms with Gasteiger partial charge >= 0.3 is 0 Å². The minimum absolute atomic E-state index is 0.155. The quantitative estimate of drug-likeness (QED) is 0.502. The Morgan fingerprint density at radius 3 is 2.81 bits per heavy atom. The molecule has 0 spiro atoms. The third kappa shape index (κ3) is 3.85. The van der Waals surface area contributed by atoms with Crippen LogP contribution in [0.2, 0.25) is 0 Å². The second kappa shape index (κ2) is 8.27. The number of amides is 1. The fourth-order valence-electron chi connectivity index (χ4n) is 3.37. The van der Waals surface area contributed by atoms with E-state index in [1.54, 1.807) is 25.1 Å². The molecule has 1 N–H and O–H groups in total. The number of aryl methyl sites for hydroxylation is 1. The zero-order chi connectivity index (χ0) is 22.1. The Kier molecular flexibility index (Phi) is 5.16. The Labute approximate surface area is 187 Å². The summed E-state index contributed by atoms with van der Waals surface area (Å²) in [5.41, 5.74) is 2.36. The third-order valence-electron chi connectivity index (χ3n) is 5.01. The first kappa shape index (κ1) is 20.0. The fourth-order valence-corrected chi connectivity index (χ4v) is 4.20. The maximum absolute atomic E-state index is 13.2. The van der Waals surface area contributed by atoms with Crippen LogP contribution in [0.5, 0.6) is 11.5 Å². The van der Waals surface area contributed by atoms with Gasteiger partial charge in [0.2, 0.25) is 12.7 Å². The monoisotopic (exact) mass is 446 g/mol. The van der Waals surface area contributed by atoms with Crippen LogP contribution >= 0.6 is 11.3 Å². The topological polar surface area (TPSA) is 95.3 Å². The van der Waals surface area contributed by atoms with Crippen molar-refractivity contribution in [1.29, 1.82) is 0 Å². The molecular weight excluding hydrogens is 428 g/mol. The molecule has 1 amide bonds. The van der Waals surface area contributed by atoms with E-state index in [-0.39, 0.29) is 24.8 Å². The van der Waals surface area contributed by atoms with E-state index in [0.29, 0.717) is 33.6 Å². The van der Waals surface area contributed by atoms with Gasteiger partial charge in [0.25, 0.3) is 5.56 Å². The second-order valence-corrected chi connectivity index (χ2v) is 7.99. The lowest BCUT2D eigenvalue weighted by Gasteiger charge is -2.11. The van der Waals surface area contributed by atoms with Crippen molar-refractivity contribution >= 4 is 22.9 Å². The number of aromatic nitrogens is 3. The number of ether oxygens (including phenoxy) is 2. The second-order valence-electron chi connectivity index (χ2n) is 7.13. The van der Waals surface area contributed by atoms with E-state index in [1.807, 2.05) is 35.7 Å². The molecule has 0 radical (unpaired) electrons. The summed E-state index contributed by atoms with van der Waals surface area (Å²) in [7, 11) is 0. The molecule has 2 aromatic carbocycles. The number of benzene rings is 2. The van der Waals surface area contributed by atoms with Crippen LogP contribution in [0.3, 0.4) is 0 Å². The summed E-state index contributed by atoms with van der Waals surface area (Å²) >= 11 is 1.37. The largest absolute Gasteiger partial charge is 0.454 e. The number of nitrogens with one attached hydrogen (secondary N) is 1. The minimum Gasteiger partial charge on any atom is -0.454 e. The molecule has 0 unspecified atom stereocenters. The average Bonchev–Trinajstić information content (AvgIpc) is 3.47. The standard InChI is InChI=1S/C23H18N4O4S/c1-14-24-10-17(22-26-18(12-32-22)15-5-3-2-4-6-15)23(29)27(14)11-21(28)25-16-7-8-19-20(9-16)31-13-30-19/h2-10,12H,11,13H2,1H3,(H,25,28). The normalized spacial score (nSPS) is 12.0. The first-order chi connectivity index (χ1) is 15.6. The maximum atomic E-state index is 13.2. The predicted octanol–water partition coefficient (Wildman–Crippen LogP) is 3.71. The Morgan fingerprint density at radius 1 is 1.16 bits per heavy atom. The summed E-state index contributed by atoms with van der Waals surface area (Å²) in [4.78, 5) is 34.7. The molecule has 8 nitrogen and oxygen atoms in total. The van der Waals surface area contributed by atoms with Crippen LogP contribution in [0.4, 0.5) is 5.69 Å². The molecule has 2 aromatic heterocycles. The van der Waals surface area contributed by atoms with E-state index in [1.165, 1.54) is 22.1 Å². The molecule has 0 saturated heterocycles. The minimum atomic E-state index is -0.350. The van der Waals surface area contributed by atoms with Crippen molar-refractivity contribution in [2.24, 2.45) is 0 Å². The van der Waals surface area contributed by atoms with Gasteiger partial charge in [0.15, 0.2) is 11.5 Å². The van der Waals surface area contributed by atoms with E-state index >= 15 is 0 Å². The number of thiazole rings is 1. The lowest BCUT2D eigenvalue weighted by Crippen LogP contribution is -2.30. The highest BCUT2D eigenvalue weighted by molar-refractivity contribution is 7.13. The number of hydrogen-bond acceptors (Lipinski definition) is 7. The Hall–Kier alpha value is -3.98. The van der Waals surface area contributed by atoms with E-state index < -0.39 is 0 Å². The first-order valence-corrected chi connectivity index (χ1v) is 10.7. The van der Waals surface area contributed by atoms with Crippen molar-refractivity contribution in [3.05, 3.63) is 76.3 Å². The van der Waals surface area contributed by atoms with Crippen molar-refractivity contribution < 1.29 is 14.3 Å². The first-order valence-electron chi connectivity index (χ1n) is 9.86. The smallest absolute Gasteiger partial charge is 0.264 e. The van der Waals surface area contributed by atoms with Gasteiger partial charge in [-0.2, -0.15) is 0 Å². The van der Waals surface area contributed by atoms with Crippen molar-refractivity contribution in [1.82, 2.24) is 14.5 Å². The highest BCUT2D eigenvalue weighted by atomic mass is 32.1. The molecule has 9 heteroatoms. The van der Waals surface area contributed by atoms with E-state index in [0.717, 1.165) is 11.3 Å². The number of rotatable bonds is 5. The van der Waals surface area contributed by atoms with Crippen LogP contribution in [0.15, 0.2) is 64.9 Å². The lowest BCUT2D eigenvalue weighted by atomic mass is 10.2. The number of nitrogens with zero attached hydrogens (tertiary/aromatic N) is 3. The van der Waals surface area contributed by atoms with Crippen LogP contribution in [0.1, 0.15) is 5.82 Å². The van der Waals surface area contributed by atoms with Crippen LogP contribution in [-0.4, -0.2) is 27.2 Å². The summed E-state index contributed by atoms with van der Waals surface area (Å²) in [6, 6.07) is 14.9. The van der Waals surface area contributed by atoms with Gasteiger partial charge in [0, 0.05) is 28.9 Å². The molecule has 1 aliphatic heterocycles. The molecule has 4 aromatic rings. The summed E-state index contributed by atoms with van der Waals surface area (Å²) in [6.45, 7) is 1.68. The Balaban J connectivity index is 1.38. The third-order valence-corrected chi connectivity index (χ3v) is 5.88. The van der Waals surface area contributed by atoms with E-state index in [4.69, 9.17) is 9.47 Å². The Morgan fingerprint density at radius 2 is 1.97 bits per heavy atom. The van der Waals surface area contributed by atoms with Crippen LogP contribution < -0.4 is 20.3 Å². The molecule has 3 heterocycles. The number of carbonyl (C=O) groups excluding carboxylic acids is 1. The summed E-state index contributed by atoms with van der Waals surface area (Å²) < 4.78 is 12.0. The molecule has 1 aliphatic rings. The van der Waals surface area contributed by atoms with Crippen LogP contribution in [0, 0.1) is 6.92 Å². The highest BCUT2D eigenvalue weighted by Crippen LogP contribution is 2.34. The number of hydrogen-bond donors (Lipinski definition) is 1. The number of anilines is 1. The molecular formula is C23H18N4O4S. The molecule has 160 valence electrons. The fraction of sp³-hybridized carbons (Fsp3) is 0.130. The van der Waals surface area contributed by atoms with Gasteiger partial charge in [0.05, 0.1) is 11.3 Å². The summed E-state index contributed by atoms with van der Waals surface area (Å²) in [6.07, 6.45) is 1.51. The predicted molar refractivity (Wildman–Crippen MR) is 121 cm³/mol. The highest BCUT2D eigenvalue weighted by Gasteiger charge is 2.17.